The fraction of sp³-hybridized carbons (Fsp3) is 0. The van der Waals surface area contributed by atoms with E-state index in [1.807, 2.05) is 6.07 Å². The molecule has 2 aromatic rings. The van der Waals surface area contributed by atoms with Crippen molar-refractivity contribution in [3.63, 3.8) is 0 Å². The summed E-state index contributed by atoms with van der Waals surface area (Å²) in [4.78, 5) is 0. The number of hydrogen-bond donors (Lipinski definition) is 1. The van der Waals surface area contributed by atoms with Crippen LogP contribution in [0.1, 0.15) is 0 Å². The van der Waals surface area contributed by atoms with E-state index in [9.17, 15) is 0 Å². The van der Waals surface area contributed by atoms with Crippen LogP contribution >= 0.6 is 15.9 Å². The molecule has 1 aromatic carbocycles. The largest absolute Gasteiger partial charge is 0.423 e. The maximum Gasteiger partial charge on any atom is 0.247 e. The Kier molecular flexibility index (Phi) is 2.02. The molecule has 0 radical (unpaired) electrons. The van der Waals surface area contributed by atoms with Crippen molar-refractivity contribution in [2.75, 3.05) is 5.73 Å². The first-order valence-electron chi connectivity index (χ1n) is 3.58. The summed E-state index contributed by atoms with van der Waals surface area (Å²) < 4.78 is 5.92. The van der Waals surface area contributed by atoms with E-state index in [0.29, 0.717) is 11.6 Å². The molecule has 4 nitrogen and oxygen atoms in total. The van der Waals surface area contributed by atoms with Crippen LogP contribution in [0.25, 0.3) is 11.5 Å². The Labute approximate surface area is 82.9 Å². The van der Waals surface area contributed by atoms with Gasteiger partial charge in [-0.2, -0.15) is 0 Å². The lowest BCUT2D eigenvalue weighted by Crippen LogP contribution is -1.86. The van der Waals surface area contributed by atoms with E-state index in [-0.39, 0.29) is 0 Å². The molecule has 0 aliphatic rings. The van der Waals surface area contributed by atoms with E-state index in [1.54, 1.807) is 12.1 Å². The summed E-state index contributed by atoms with van der Waals surface area (Å²) in [5.74, 6) is 0.466. The van der Waals surface area contributed by atoms with Crippen LogP contribution in [-0.4, -0.2) is 10.2 Å². The summed E-state index contributed by atoms with van der Waals surface area (Å²) in [6, 6.07) is 5.45. The molecule has 5 heteroatoms. The zero-order chi connectivity index (χ0) is 9.26. The third kappa shape index (κ3) is 1.70. The molecule has 0 aliphatic heterocycles. The topological polar surface area (TPSA) is 64.9 Å². The molecule has 13 heavy (non-hydrogen) atoms. The van der Waals surface area contributed by atoms with Crippen LogP contribution < -0.4 is 5.73 Å². The van der Waals surface area contributed by atoms with Gasteiger partial charge in [0.2, 0.25) is 12.3 Å². The van der Waals surface area contributed by atoms with Crippen molar-refractivity contribution < 1.29 is 4.42 Å². The lowest BCUT2D eigenvalue weighted by Gasteiger charge is -1.98. The highest BCUT2D eigenvalue weighted by molar-refractivity contribution is 9.10. The number of benzene rings is 1. The molecule has 0 saturated carbocycles. The Morgan fingerprint density at radius 2 is 2.15 bits per heavy atom. The molecular formula is C8H6BrN3O. The van der Waals surface area contributed by atoms with Crippen molar-refractivity contribution in [3.05, 3.63) is 29.1 Å². The highest BCUT2D eigenvalue weighted by Crippen LogP contribution is 2.24. The first-order chi connectivity index (χ1) is 6.25. The molecule has 2 N–H and O–H groups in total. The maximum absolute atomic E-state index is 5.65. The monoisotopic (exact) mass is 239 g/mol. The van der Waals surface area contributed by atoms with Crippen LogP contribution in [0.2, 0.25) is 0 Å². The van der Waals surface area contributed by atoms with Gasteiger partial charge in [-0.1, -0.05) is 15.9 Å². The number of nitrogens with zero attached hydrogens (tertiary/aromatic N) is 2. The fourth-order valence-corrected chi connectivity index (χ4v) is 1.55. The molecule has 1 heterocycles. The average Bonchev–Trinajstić information content (AvgIpc) is 2.53. The van der Waals surface area contributed by atoms with Crippen molar-refractivity contribution in [2.45, 2.75) is 0 Å². The van der Waals surface area contributed by atoms with E-state index in [2.05, 4.69) is 26.1 Å². The Balaban J connectivity index is 2.53. The predicted molar refractivity (Wildman–Crippen MR) is 51.8 cm³/mol. The minimum atomic E-state index is 0.466. The number of nitrogens with two attached hydrogens (primary N) is 1. The summed E-state index contributed by atoms with van der Waals surface area (Å²) in [6.45, 7) is 0. The smallest absolute Gasteiger partial charge is 0.247 e. The van der Waals surface area contributed by atoms with Crippen molar-refractivity contribution in [2.24, 2.45) is 0 Å². The quantitative estimate of drug-likeness (QED) is 0.775. The van der Waals surface area contributed by atoms with Crippen molar-refractivity contribution in [1.29, 1.82) is 0 Å². The van der Waals surface area contributed by atoms with Gasteiger partial charge in [0, 0.05) is 15.7 Å². The van der Waals surface area contributed by atoms with Gasteiger partial charge in [-0.05, 0) is 18.2 Å². The van der Waals surface area contributed by atoms with Gasteiger partial charge in [-0.25, -0.2) is 0 Å². The molecule has 66 valence electrons. The van der Waals surface area contributed by atoms with Crippen LogP contribution in [0, 0.1) is 0 Å². The third-order valence-corrected chi connectivity index (χ3v) is 1.98. The summed E-state index contributed by atoms with van der Waals surface area (Å²) in [5, 5.41) is 7.36. The molecule has 0 atom stereocenters. The first kappa shape index (κ1) is 8.25. The number of aromatic nitrogens is 2. The van der Waals surface area contributed by atoms with Crippen molar-refractivity contribution in [3.8, 4) is 11.5 Å². The molecule has 0 bridgehead atoms. The number of anilines is 1. The van der Waals surface area contributed by atoms with Crippen LogP contribution in [0.3, 0.4) is 0 Å². The Hall–Kier alpha value is -1.36. The van der Waals surface area contributed by atoms with Gasteiger partial charge in [0.25, 0.3) is 0 Å². The normalized spacial score (nSPS) is 10.2. The van der Waals surface area contributed by atoms with E-state index in [1.165, 1.54) is 6.39 Å². The predicted octanol–water partition coefficient (Wildman–Crippen LogP) is 2.08. The molecule has 0 saturated heterocycles. The maximum atomic E-state index is 5.65. The van der Waals surface area contributed by atoms with Crippen LogP contribution in [0.4, 0.5) is 5.69 Å². The first-order valence-corrected chi connectivity index (χ1v) is 4.37. The van der Waals surface area contributed by atoms with E-state index in [0.717, 1.165) is 10.0 Å². The fourth-order valence-electron chi connectivity index (χ4n) is 1.03. The molecule has 1 aromatic heterocycles. The highest BCUT2D eigenvalue weighted by atomic mass is 79.9. The number of halogens is 1. The lowest BCUT2D eigenvalue weighted by molar-refractivity contribution is 0.568. The SMILES string of the molecule is Nc1cc(Br)cc(-c2nnco2)c1. The van der Waals surface area contributed by atoms with Gasteiger partial charge < -0.3 is 10.2 Å². The molecule has 0 unspecified atom stereocenters. The van der Waals surface area contributed by atoms with E-state index < -0.39 is 0 Å². The lowest BCUT2D eigenvalue weighted by atomic mass is 10.2. The summed E-state index contributed by atoms with van der Waals surface area (Å²) in [6.07, 6.45) is 1.28. The van der Waals surface area contributed by atoms with Gasteiger partial charge in [-0.15, -0.1) is 10.2 Å². The number of rotatable bonds is 1. The second-order valence-electron chi connectivity index (χ2n) is 2.52. The molecule has 2 rings (SSSR count). The average molecular weight is 240 g/mol. The zero-order valence-electron chi connectivity index (χ0n) is 6.57. The molecule has 0 aliphatic carbocycles. The van der Waals surface area contributed by atoms with Crippen molar-refractivity contribution in [1.82, 2.24) is 10.2 Å². The molecule has 0 fully saturated rings. The summed E-state index contributed by atoms with van der Waals surface area (Å²) in [5.41, 5.74) is 7.11. The minimum Gasteiger partial charge on any atom is -0.423 e. The van der Waals surface area contributed by atoms with Crippen LogP contribution in [0.5, 0.6) is 0 Å². The van der Waals surface area contributed by atoms with E-state index >= 15 is 0 Å². The standard InChI is InChI=1S/C8H6BrN3O/c9-6-1-5(2-7(10)3-6)8-12-11-4-13-8/h1-4H,10H2. The van der Waals surface area contributed by atoms with Crippen LogP contribution in [-0.2, 0) is 0 Å². The second kappa shape index (κ2) is 3.18. The summed E-state index contributed by atoms with van der Waals surface area (Å²) in [7, 11) is 0. The van der Waals surface area contributed by atoms with E-state index in [4.69, 9.17) is 10.2 Å². The van der Waals surface area contributed by atoms with Gasteiger partial charge in [0.1, 0.15) is 0 Å². The third-order valence-electron chi connectivity index (χ3n) is 1.53. The van der Waals surface area contributed by atoms with Crippen LogP contribution in [0.15, 0.2) is 33.5 Å². The van der Waals surface area contributed by atoms with Gasteiger partial charge >= 0.3 is 0 Å². The second-order valence-corrected chi connectivity index (χ2v) is 3.43. The van der Waals surface area contributed by atoms with Gasteiger partial charge in [-0.3, -0.25) is 0 Å². The minimum absolute atomic E-state index is 0.466. The zero-order valence-corrected chi connectivity index (χ0v) is 8.15. The highest BCUT2D eigenvalue weighted by Gasteiger charge is 2.04. The molecular weight excluding hydrogens is 234 g/mol. The summed E-state index contributed by atoms with van der Waals surface area (Å²) >= 11 is 3.33. The Morgan fingerprint density at radius 3 is 2.77 bits per heavy atom. The molecule has 0 amide bonds. The molecule has 0 spiro atoms. The number of nitrogen functional groups attached to an aromatic ring is 1. The van der Waals surface area contributed by atoms with Crippen molar-refractivity contribution >= 4 is 21.6 Å². The Morgan fingerprint density at radius 1 is 1.31 bits per heavy atom. The van der Waals surface area contributed by atoms with Gasteiger partial charge in [0.05, 0.1) is 0 Å². The Bertz CT molecular complexity index is 393. The number of hydrogen-bond acceptors (Lipinski definition) is 4. The van der Waals surface area contributed by atoms with Gasteiger partial charge in [0.15, 0.2) is 0 Å².